The van der Waals surface area contributed by atoms with Gasteiger partial charge in [-0.3, -0.25) is 15.2 Å². The molecule has 0 saturated heterocycles. The fraction of sp³-hybridized carbons (Fsp3) is 0.226. The van der Waals surface area contributed by atoms with Crippen LogP contribution in [-0.4, -0.2) is 58.0 Å². The van der Waals surface area contributed by atoms with Crippen molar-refractivity contribution in [2.24, 2.45) is 0 Å². The van der Waals surface area contributed by atoms with Crippen molar-refractivity contribution in [1.82, 2.24) is 35.1 Å². The summed E-state index contributed by atoms with van der Waals surface area (Å²) in [7, 11) is 0. The Bertz CT molecular complexity index is 1790. The molecular weight excluding hydrogens is 618 g/mol. The van der Waals surface area contributed by atoms with Crippen LogP contribution in [0.15, 0.2) is 72.8 Å². The maximum absolute atomic E-state index is 12.3. The summed E-state index contributed by atoms with van der Waals surface area (Å²) in [5.41, 5.74) is 4.20. The third kappa shape index (κ3) is 7.99. The summed E-state index contributed by atoms with van der Waals surface area (Å²) in [5, 5.41) is 29.8. The zero-order chi connectivity index (χ0) is 32.5. The first-order valence-corrected chi connectivity index (χ1v) is 14.6. The number of halogens is 1. The van der Waals surface area contributed by atoms with E-state index < -0.39 is 11.5 Å². The van der Waals surface area contributed by atoms with Crippen LogP contribution >= 0.6 is 11.6 Å². The van der Waals surface area contributed by atoms with Crippen LogP contribution in [0.3, 0.4) is 0 Å². The number of carbonyl (C=O) groups is 2. The van der Waals surface area contributed by atoms with Gasteiger partial charge in [0.1, 0.15) is 23.9 Å². The highest BCUT2D eigenvalue weighted by Gasteiger charge is 2.17. The Labute approximate surface area is 268 Å². The molecule has 2 heterocycles. The van der Waals surface area contributed by atoms with Crippen LogP contribution in [0.1, 0.15) is 47.2 Å². The summed E-state index contributed by atoms with van der Waals surface area (Å²) in [4.78, 5) is 34.1. The summed E-state index contributed by atoms with van der Waals surface area (Å²) in [6.07, 6.45) is 2.38. The van der Waals surface area contributed by atoms with E-state index in [-0.39, 0.29) is 24.2 Å². The highest BCUT2D eigenvalue weighted by atomic mass is 35.5. The first-order valence-electron chi connectivity index (χ1n) is 14.3. The molecule has 2 N–H and O–H groups in total. The fourth-order valence-electron chi connectivity index (χ4n) is 4.68. The summed E-state index contributed by atoms with van der Waals surface area (Å²) in [6.45, 7) is 1.91. The van der Waals surface area contributed by atoms with E-state index in [2.05, 4.69) is 32.2 Å². The quantitative estimate of drug-likeness (QED) is 0.0649. The Balaban J connectivity index is 1.26. The number of tetrazole rings is 1. The van der Waals surface area contributed by atoms with Gasteiger partial charge < -0.3 is 14.0 Å². The van der Waals surface area contributed by atoms with E-state index in [9.17, 15) is 9.59 Å². The maximum Gasteiger partial charge on any atom is 0.515 e. The van der Waals surface area contributed by atoms with Crippen LogP contribution in [0.4, 0.5) is 4.79 Å². The van der Waals surface area contributed by atoms with Gasteiger partial charge in [0, 0.05) is 24.1 Å². The van der Waals surface area contributed by atoms with Crippen molar-refractivity contribution in [3.05, 3.63) is 101 Å². The monoisotopic (exact) mass is 647 g/mol. The van der Waals surface area contributed by atoms with Crippen LogP contribution in [0.25, 0.3) is 22.5 Å². The summed E-state index contributed by atoms with van der Waals surface area (Å²) < 4.78 is 12.2. The number of benzene rings is 3. The zero-order valence-corrected chi connectivity index (χ0v) is 25.4. The lowest BCUT2D eigenvalue weighted by Crippen LogP contribution is -2.17. The second-order valence-corrected chi connectivity index (χ2v) is 10.4. The second kappa shape index (κ2) is 15.3. The van der Waals surface area contributed by atoms with E-state index >= 15 is 0 Å². The molecular formula is C31H30ClN7O7. The van der Waals surface area contributed by atoms with Crippen molar-refractivity contribution in [3.63, 3.8) is 0 Å². The minimum atomic E-state index is -1.03. The number of imidazole rings is 1. The van der Waals surface area contributed by atoms with Crippen LogP contribution in [0, 0.1) is 0 Å². The lowest BCUT2D eigenvalue weighted by atomic mass is 9.98. The van der Waals surface area contributed by atoms with Gasteiger partial charge >= 0.3 is 6.16 Å². The average Bonchev–Trinajstić information content (AvgIpc) is 3.66. The lowest BCUT2D eigenvalue weighted by Gasteiger charge is -2.11. The minimum Gasteiger partial charge on any atom is -0.409 e. The molecule has 0 aliphatic heterocycles. The van der Waals surface area contributed by atoms with E-state index in [1.165, 1.54) is 6.07 Å². The van der Waals surface area contributed by atoms with Gasteiger partial charge in [-0.1, -0.05) is 91.7 Å². The Morgan fingerprint density at radius 3 is 2.50 bits per heavy atom. The van der Waals surface area contributed by atoms with Crippen LogP contribution < -0.4 is 4.74 Å². The molecule has 46 heavy (non-hydrogen) atoms. The minimum absolute atomic E-state index is 0.108. The Morgan fingerprint density at radius 2 is 1.76 bits per heavy atom. The van der Waals surface area contributed by atoms with Gasteiger partial charge in [0.15, 0.2) is 11.4 Å². The van der Waals surface area contributed by atoms with E-state index in [0.717, 1.165) is 52.9 Å². The van der Waals surface area contributed by atoms with Gasteiger partial charge in [-0.25, -0.2) is 14.6 Å². The maximum atomic E-state index is 12.3. The molecule has 0 amide bonds. The molecule has 0 atom stereocenters. The highest BCUT2D eigenvalue weighted by molar-refractivity contribution is 6.31. The Hall–Kier alpha value is -4.99. The van der Waals surface area contributed by atoms with Crippen molar-refractivity contribution >= 4 is 24.0 Å². The molecule has 0 saturated carbocycles. The topological polar surface area (TPSA) is 167 Å². The number of ether oxygens (including phenoxy) is 2. The molecule has 0 fully saturated rings. The van der Waals surface area contributed by atoms with Crippen molar-refractivity contribution < 1.29 is 34.3 Å². The fourth-order valence-corrected chi connectivity index (χ4v) is 4.93. The van der Waals surface area contributed by atoms with Gasteiger partial charge in [0.2, 0.25) is 12.6 Å². The number of carbonyl (C=O) groups excluding carboxylic acids is 2. The summed E-state index contributed by atoms with van der Waals surface area (Å²) in [6, 6.07) is 21.8. The molecule has 0 radical (unpaired) electrons. The molecule has 0 spiro atoms. The van der Waals surface area contributed by atoms with Crippen molar-refractivity contribution in [1.29, 1.82) is 0 Å². The highest BCUT2D eigenvalue weighted by Crippen LogP contribution is 2.30. The number of unbranched alkanes of at least 4 members (excludes halogenated alkanes) is 1. The van der Waals surface area contributed by atoms with Crippen molar-refractivity contribution in [2.45, 2.75) is 46.1 Å². The number of aryl methyl sites for hydroxylation is 1. The van der Waals surface area contributed by atoms with E-state index in [1.54, 1.807) is 18.2 Å². The van der Waals surface area contributed by atoms with E-state index in [0.29, 0.717) is 29.2 Å². The first-order chi connectivity index (χ1) is 22.4. The molecule has 238 valence electrons. The first kappa shape index (κ1) is 32.4. The van der Waals surface area contributed by atoms with Gasteiger partial charge in [-0.15, -0.1) is 15.0 Å². The predicted octanol–water partition coefficient (Wildman–Crippen LogP) is 5.75. The molecule has 14 nitrogen and oxygen atoms in total. The molecule has 2 aromatic heterocycles. The van der Waals surface area contributed by atoms with Crippen molar-refractivity contribution in [3.8, 4) is 28.3 Å². The Kier molecular flexibility index (Phi) is 10.8. The van der Waals surface area contributed by atoms with Crippen LogP contribution in [-0.2, 0) is 35.9 Å². The molecule has 0 aliphatic carbocycles. The number of nitrogens with zero attached hydrogens (tertiary/aromatic N) is 7. The summed E-state index contributed by atoms with van der Waals surface area (Å²) in [5.74, 6) is 1.21. The Morgan fingerprint density at radius 1 is 1.02 bits per heavy atom. The van der Waals surface area contributed by atoms with Gasteiger partial charge in [0.05, 0.1) is 5.39 Å². The van der Waals surface area contributed by atoms with Crippen molar-refractivity contribution in [2.75, 3.05) is 0 Å². The largest absolute Gasteiger partial charge is 0.515 e. The smallest absolute Gasteiger partial charge is 0.409 e. The molecule has 5 rings (SSSR count). The van der Waals surface area contributed by atoms with Crippen LogP contribution in [0.2, 0.25) is 5.15 Å². The number of hydrogen-bond donors (Lipinski definition) is 2. The second-order valence-electron chi connectivity index (χ2n) is 10.00. The molecule has 0 bridgehead atoms. The molecule has 0 unspecified atom stereocenters. The van der Waals surface area contributed by atoms with Gasteiger partial charge in [0.25, 0.3) is 0 Å². The predicted molar refractivity (Wildman–Crippen MR) is 163 cm³/mol. The third-order valence-corrected chi connectivity index (χ3v) is 7.21. The zero-order valence-electron chi connectivity index (χ0n) is 24.7. The molecule has 3 aromatic carbocycles. The normalized spacial score (nSPS) is 11.2. The molecule has 15 heteroatoms. The SMILES string of the molecule is CCCCc1nc(Cl)c(C=O)n1Cc1ccc(-c2ccccc2-c2nnn(COC(=O)Oc3ccccc3CON(O)O)n2)cc1. The number of aldehydes is 1. The number of aromatic nitrogens is 6. The van der Waals surface area contributed by atoms with E-state index in [4.69, 9.17) is 31.5 Å². The lowest BCUT2D eigenvalue weighted by molar-refractivity contribution is -0.497. The van der Waals surface area contributed by atoms with Gasteiger partial charge in [-0.2, -0.15) is 0 Å². The third-order valence-electron chi connectivity index (χ3n) is 6.93. The number of hydrogen-bond acceptors (Lipinski definition) is 12. The average molecular weight is 648 g/mol. The molecule has 0 aliphatic rings. The van der Waals surface area contributed by atoms with Crippen LogP contribution in [0.5, 0.6) is 5.75 Å². The van der Waals surface area contributed by atoms with E-state index in [1.807, 2.05) is 53.1 Å². The standard InChI is InChI=1S/C31H30ClN7O7/c1-2-3-12-28-33-29(32)26(18-40)37(28)17-21-13-15-22(16-14-21)24-9-5-6-10-25(24)30-34-36-38(35-30)20-44-31(41)46-27-11-7-4-8-23(27)19-45-39(42)43/h4-11,13-16,18,42-43H,2-3,12,17,19-20H2,1H3. The molecule has 5 aromatic rings. The van der Waals surface area contributed by atoms with Gasteiger partial charge in [-0.05, 0) is 34.4 Å². The number of rotatable bonds is 14. The summed E-state index contributed by atoms with van der Waals surface area (Å²) >= 11 is 6.24. The number of para-hydroxylation sites is 1.